The molecule has 0 aliphatic heterocycles. The molecule has 3 aromatic heterocycles. The van der Waals surface area contributed by atoms with Gasteiger partial charge in [-0.3, -0.25) is 0 Å². The number of hydrogen-bond acceptors (Lipinski definition) is 2. The molecule has 0 saturated carbocycles. The first kappa shape index (κ1) is 26.1. The van der Waals surface area contributed by atoms with Crippen LogP contribution in [0.4, 0.5) is 0 Å². The minimum atomic E-state index is 0.648. The van der Waals surface area contributed by atoms with Crippen molar-refractivity contribution >= 4 is 75.1 Å². The van der Waals surface area contributed by atoms with E-state index in [2.05, 4.69) is 149 Å². The molecule has 0 fully saturated rings. The van der Waals surface area contributed by atoms with Gasteiger partial charge in [-0.15, -0.1) is 11.3 Å². The highest BCUT2D eigenvalue weighted by Gasteiger charge is 2.19. The molecule has 3 nitrogen and oxygen atoms in total. The number of aromatic nitrogens is 2. The van der Waals surface area contributed by atoms with E-state index < -0.39 is 0 Å². The summed E-state index contributed by atoms with van der Waals surface area (Å²) in [6.45, 7) is 0. The largest absolute Gasteiger partial charge is 0.309 e. The Kier molecular flexibility index (Phi) is 5.51. The zero-order valence-electron chi connectivity index (χ0n) is 25.2. The second-order valence-corrected chi connectivity index (χ2v) is 13.2. The summed E-state index contributed by atoms with van der Waals surface area (Å²) in [5.74, 6) is 0. The minimum absolute atomic E-state index is 0.648. The maximum atomic E-state index is 9.77. The first-order valence-corrected chi connectivity index (χ1v) is 16.6. The lowest BCUT2D eigenvalue weighted by Crippen LogP contribution is -2.00. The van der Waals surface area contributed by atoms with Crippen molar-refractivity contribution in [3.05, 3.63) is 157 Å². The fourth-order valence-electron chi connectivity index (χ4n) is 7.45. The van der Waals surface area contributed by atoms with Gasteiger partial charge in [0.15, 0.2) is 0 Å². The lowest BCUT2D eigenvalue weighted by atomic mass is 10.0. The summed E-state index contributed by atoms with van der Waals surface area (Å²) in [4.78, 5) is 0. The van der Waals surface area contributed by atoms with Crippen LogP contribution >= 0.6 is 11.3 Å². The van der Waals surface area contributed by atoms with Crippen molar-refractivity contribution in [2.24, 2.45) is 0 Å². The van der Waals surface area contributed by atoms with Crippen molar-refractivity contribution in [3.8, 4) is 28.6 Å². The molecule has 218 valence electrons. The van der Waals surface area contributed by atoms with Crippen LogP contribution in [0.15, 0.2) is 152 Å². The summed E-state index contributed by atoms with van der Waals surface area (Å²) < 4.78 is 7.38. The normalized spacial score (nSPS) is 11.8. The Hall–Kier alpha value is -6.15. The van der Waals surface area contributed by atoms with E-state index in [0.717, 1.165) is 33.5 Å². The third-order valence-corrected chi connectivity index (χ3v) is 10.6. The summed E-state index contributed by atoms with van der Waals surface area (Å²) >= 11 is 1.85. The van der Waals surface area contributed by atoms with Gasteiger partial charge in [-0.1, -0.05) is 84.9 Å². The molecule has 0 radical (unpaired) electrons. The van der Waals surface area contributed by atoms with Crippen LogP contribution in [-0.4, -0.2) is 9.13 Å². The molecule has 0 unspecified atom stereocenters. The average Bonchev–Trinajstić information content (AvgIpc) is 3.77. The molecular weight excluding hydrogens is 591 g/mol. The maximum Gasteiger partial charge on any atom is 0.0991 e. The Morgan fingerprint density at radius 1 is 0.404 bits per heavy atom. The van der Waals surface area contributed by atoms with Crippen LogP contribution in [0.25, 0.3) is 86.3 Å². The summed E-state index contributed by atoms with van der Waals surface area (Å²) in [6, 6.07) is 56.6. The van der Waals surface area contributed by atoms with Gasteiger partial charge in [-0.05, 0) is 77.9 Å². The molecule has 0 bridgehead atoms. The first-order chi connectivity index (χ1) is 23.2. The van der Waals surface area contributed by atoms with E-state index in [0.29, 0.717) is 5.56 Å². The summed E-state index contributed by atoms with van der Waals surface area (Å²) in [7, 11) is 0. The van der Waals surface area contributed by atoms with Crippen molar-refractivity contribution in [2.45, 2.75) is 0 Å². The first-order valence-electron chi connectivity index (χ1n) is 15.7. The monoisotopic (exact) mass is 615 g/mol. The van der Waals surface area contributed by atoms with Gasteiger partial charge in [0.1, 0.15) is 0 Å². The highest BCUT2D eigenvalue weighted by Crippen LogP contribution is 2.42. The number of para-hydroxylation sites is 3. The number of rotatable bonds is 3. The number of nitrogens with zero attached hydrogens (tertiary/aromatic N) is 3. The van der Waals surface area contributed by atoms with Gasteiger partial charge in [0, 0.05) is 53.1 Å². The van der Waals surface area contributed by atoms with E-state index >= 15 is 0 Å². The fraction of sp³-hybridized carbons (Fsp3) is 0. The van der Waals surface area contributed by atoms with Gasteiger partial charge in [0.25, 0.3) is 0 Å². The zero-order chi connectivity index (χ0) is 31.1. The predicted molar refractivity (Wildman–Crippen MR) is 198 cm³/mol. The van der Waals surface area contributed by atoms with Crippen LogP contribution < -0.4 is 0 Å². The van der Waals surface area contributed by atoms with E-state index in [9.17, 15) is 5.26 Å². The van der Waals surface area contributed by atoms with Crippen LogP contribution in [0, 0.1) is 11.3 Å². The van der Waals surface area contributed by atoms with E-state index in [4.69, 9.17) is 0 Å². The van der Waals surface area contributed by atoms with Gasteiger partial charge < -0.3 is 9.13 Å². The van der Waals surface area contributed by atoms with E-state index in [1.807, 2.05) is 29.5 Å². The molecule has 7 aromatic carbocycles. The molecule has 0 spiro atoms. The molecule has 0 aliphatic rings. The third kappa shape index (κ3) is 3.85. The molecule has 10 aromatic rings. The smallest absolute Gasteiger partial charge is 0.0991 e. The van der Waals surface area contributed by atoms with Gasteiger partial charge in [-0.25, -0.2) is 0 Å². The average molecular weight is 616 g/mol. The lowest BCUT2D eigenvalue weighted by molar-refractivity contribution is 1.14. The molecule has 4 heteroatoms. The Balaban J connectivity index is 1.34. The Bertz CT molecular complexity index is 2880. The van der Waals surface area contributed by atoms with Gasteiger partial charge in [0.2, 0.25) is 0 Å². The number of fused-ring (bicyclic) bond motifs is 9. The summed E-state index contributed by atoms with van der Waals surface area (Å²) in [6.07, 6.45) is 0. The molecule has 0 aliphatic carbocycles. The molecular formula is C43H25N3S. The van der Waals surface area contributed by atoms with Gasteiger partial charge in [0.05, 0.1) is 33.7 Å². The van der Waals surface area contributed by atoms with Crippen molar-refractivity contribution < 1.29 is 0 Å². The van der Waals surface area contributed by atoms with E-state index in [1.54, 1.807) is 0 Å². The van der Waals surface area contributed by atoms with Gasteiger partial charge >= 0.3 is 0 Å². The number of benzene rings is 7. The highest BCUT2D eigenvalue weighted by atomic mass is 32.1. The molecule has 0 amide bonds. The van der Waals surface area contributed by atoms with Crippen molar-refractivity contribution in [3.63, 3.8) is 0 Å². The SMILES string of the molecule is N#Cc1cccc(-c2cc(-n3c4ccccc4c4ccccc43)cc(-n3c4ccccc4c4cc5c(cc43)sc3ccccc35)c2)c1. The molecule has 0 saturated heterocycles. The standard InChI is InChI=1S/C43H25N3S/c44-26-27-10-9-11-28(20-27)29-21-30(45-38-16-5-1-12-32(38)33-13-2-6-17-39(33)45)23-31(22-29)46-40-18-7-3-14-34(40)36-24-37-35-15-4-8-19-42(35)47-43(37)25-41(36)46/h1-25H. The van der Waals surface area contributed by atoms with Gasteiger partial charge in [-0.2, -0.15) is 5.26 Å². The van der Waals surface area contributed by atoms with E-state index in [1.165, 1.54) is 52.8 Å². The third-order valence-electron chi connectivity index (χ3n) is 9.50. The van der Waals surface area contributed by atoms with Crippen LogP contribution in [-0.2, 0) is 0 Å². The number of hydrogen-bond donors (Lipinski definition) is 0. The number of nitriles is 1. The Morgan fingerprint density at radius 3 is 1.64 bits per heavy atom. The topological polar surface area (TPSA) is 33.6 Å². The Labute approximate surface area is 274 Å². The Morgan fingerprint density at radius 2 is 0.979 bits per heavy atom. The maximum absolute atomic E-state index is 9.77. The number of thiophene rings is 1. The lowest BCUT2D eigenvalue weighted by Gasteiger charge is -2.16. The summed E-state index contributed by atoms with van der Waals surface area (Å²) in [5.41, 5.74) is 9.55. The highest BCUT2D eigenvalue weighted by molar-refractivity contribution is 7.25. The second-order valence-electron chi connectivity index (χ2n) is 12.1. The quantitative estimate of drug-likeness (QED) is 0.195. The molecule has 3 heterocycles. The molecule has 0 atom stereocenters. The van der Waals surface area contributed by atoms with Crippen LogP contribution in [0.1, 0.15) is 5.56 Å². The van der Waals surface area contributed by atoms with Crippen LogP contribution in [0.2, 0.25) is 0 Å². The minimum Gasteiger partial charge on any atom is -0.309 e. The molecule has 0 N–H and O–H groups in total. The van der Waals surface area contributed by atoms with Crippen molar-refractivity contribution in [1.82, 2.24) is 9.13 Å². The predicted octanol–water partition coefficient (Wildman–Crippen LogP) is 11.8. The molecule has 47 heavy (non-hydrogen) atoms. The zero-order valence-corrected chi connectivity index (χ0v) is 26.0. The molecule has 10 rings (SSSR count). The van der Waals surface area contributed by atoms with Crippen LogP contribution in [0.3, 0.4) is 0 Å². The van der Waals surface area contributed by atoms with Crippen molar-refractivity contribution in [1.29, 1.82) is 5.26 Å². The summed E-state index contributed by atoms with van der Waals surface area (Å²) in [5, 5.41) is 17.3. The second kappa shape index (κ2) is 9.92. The van der Waals surface area contributed by atoms with E-state index in [-0.39, 0.29) is 0 Å². The van der Waals surface area contributed by atoms with Crippen molar-refractivity contribution in [2.75, 3.05) is 0 Å². The fourth-order valence-corrected chi connectivity index (χ4v) is 8.58. The van der Waals surface area contributed by atoms with Crippen LogP contribution in [0.5, 0.6) is 0 Å².